The van der Waals surface area contributed by atoms with Crippen LogP contribution in [0.3, 0.4) is 0 Å². The molecular weight excluding hydrogens is 344 g/mol. The van der Waals surface area contributed by atoms with Crippen molar-refractivity contribution in [1.29, 1.82) is 0 Å². The Labute approximate surface area is 154 Å². The van der Waals surface area contributed by atoms with Crippen LogP contribution in [-0.2, 0) is 11.2 Å². The maximum absolute atomic E-state index is 11.6. The molecule has 1 fully saturated rings. The van der Waals surface area contributed by atoms with Crippen molar-refractivity contribution >= 4 is 39.9 Å². The van der Waals surface area contributed by atoms with Gasteiger partial charge < -0.3 is 4.98 Å². The van der Waals surface area contributed by atoms with Crippen LogP contribution >= 0.6 is 11.8 Å². The van der Waals surface area contributed by atoms with E-state index >= 15 is 0 Å². The van der Waals surface area contributed by atoms with Gasteiger partial charge in [-0.2, -0.15) is 0 Å². The quantitative estimate of drug-likeness (QED) is 0.536. The van der Waals surface area contributed by atoms with E-state index in [2.05, 4.69) is 34.3 Å². The van der Waals surface area contributed by atoms with Crippen molar-refractivity contribution in [3.8, 4) is 11.8 Å². The molecule has 5 heteroatoms. The Balaban J connectivity index is 1.47. The van der Waals surface area contributed by atoms with E-state index < -0.39 is 0 Å². The molecule has 4 rings (SSSR count). The summed E-state index contributed by atoms with van der Waals surface area (Å²) in [6, 6.07) is 15.8. The number of aromatic nitrogens is 1. The number of thioether (sulfide) groups is 1. The van der Waals surface area contributed by atoms with Gasteiger partial charge >= 0.3 is 0 Å². The molecule has 0 unspecified atom stereocenters. The fraction of sp³-hybridized carbons (Fsp3) is 0.0476. The lowest BCUT2D eigenvalue weighted by Gasteiger charge is -1.96. The van der Waals surface area contributed by atoms with Crippen molar-refractivity contribution in [2.75, 3.05) is 0 Å². The number of rotatable bonds is 2. The molecule has 0 radical (unpaired) electrons. The molecule has 0 spiro atoms. The minimum Gasteiger partial charge on any atom is -0.361 e. The number of hydrogen-bond donors (Lipinski definition) is 2. The smallest absolute Gasteiger partial charge is 0.290 e. The maximum Gasteiger partial charge on any atom is 0.290 e. The zero-order chi connectivity index (χ0) is 17.9. The van der Waals surface area contributed by atoms with Crippen LogP contribution in [0, 0.1) is 11.8 Å². The van der Waals surface area contributed by atoms with Crippen molar-refractivity contribution in [1.82, 2.24) is 10.3 Å². The molecule has 2 amide bonds. The van der Waals surface area contributed by atoms with Crippen LogP contribution in [0.1, 0.15) is 16.7 Å². The third-order valence-corrected chi connectivity index (χ3v) is 4.85. The molecular formula is C21H14N2O2S. The highest BCUT2D eigenvalue weighted by Gasteiger charge is 2.24. The summed E-state index contributed by atoms with van der Waals surface area (Å²) < 4.78 is 0. The van der Waals surface area contributed by atoms with Gasteiger partial charge in [-0.15, -0.1) is 0 Å². The standard InChI is InChI=1S/C21H14N2O2S/c24-20-19(26-21(25)23-20)12-15-10-8-14(9-11-15)4-3-5-16-13-22-18-7-2-1-6-17(16)18/h1-2,6-13,22H,5H2,(H,23,24,25). The van der Waals surface area contributed by atoms with E-state index in [9.17, 15) is 9.59 Å². The number of hydrogen-bond acceptors (Lipinski definition) is 3. The Morgan fingerprint density at radius 3 is 2.62 bits per heavy atom. The third-order valence-electron chi connectivity index (χ3n) is 4.04. The van der Waals surface area contributed by atoms with Gasteiger partial charge in [-0.25, -0.2) is 0 Å². The first-order valence-electron chi connectivity index (χ1n) is 8.08. The minimum absolute atomic E-state index is 0.332. The zero-order valence-electron chi connectivity index (χ0n) is 13.7. The van der Waals surface area contributed by atoms with E-state index in [1.165, 1.54) is 10.9 Å². The molecule has 0 atom stereocenters. The molecule has 0 saturated carbocycles. The van der Waals surface area contributed by atoms with Crippen LogP contribution in [-0.4, -0.2) is 16.1 Å². The van der Waals surface area contributed by atoms with Gasteiger partial charge in [0.15, 0.2) is 0 Å². The number of nitrogens with one attached hydrogen (secondary N) is 2. The molecule has 4 nitrogen and oxygen atoms in total. The molecule has 3 aromatic rings. The number of aromatic amines is 1. The van der Waals surface area contributed by atoms with Crippen LogP contribution in [0.5, 0.6) is 0 Å². The predicted molar refractivity (Wildman–Crippen MR) is 104 cm³/mol. The zero-order valence-corrected chi connectivity index (χ0v) is 14.5. The third kappa shape index (κ3) is 3.41. The van der Waals surface area contributed by atoms with Crippen molar-refractivity contribution in [2.45, 2.75) is 6.42 Å². The van der Waals surface area contributed by atoms with Gasteiger partial charge in [0.25, 0.3) is 11.1 Å². The number of amides is 2. The number of carbonyl (C=O) groups excluding carboxylic acids is 2. The van der Waals surface area contributed by atoms with Crippen LogP contribution in [0.25, 0.3) is 17.0 Å². The fourth-order valence-electron chi connectivity index (χ4n) is 2.75. The number of carbonyl (C=O) groups is 2. The Bertz CT molecular complexity index is 1100. The molecule has 0 bridgehead atoms. The van der Waals surface area contributed by atoms with Crippen molar-refractivity contribution in [3.63, 3.8) is 0 Å². The van der Waals surface area contributed by atoms with Gasteiger partial charge in [0, 0.05) is 29.1 Å². The highest BCUT2D eigenvalue weighted by atomic mass is 32.2. The first-order valence-corrected chi connectivity index (χ1v) is 8.89. The second-order valence-electron chi connectivity index (χ2n) is 5.81. The van der Waals surface area contributed by atoms with Crippen LogP contribution in [0.15, 0.2) is 59.6 Å². The van der Waals surface area contributed by atoms with Crippen molar-refractivity contribution < 1.29 is 9.59 Å². The van der Waals surface area contributed by atoms with Crippen molar-refractivity contribution in [2.24, 2.45) is 0 Å². The van der Waals surface area contributed by atoms with Gasteiger partial charge in [-0.05, 0) is 47.2 Å². The molecule has 1 aliphatic rings. The van der Waals surface area contributed by atoms with Crippen LogP contribution in [0.4, 0.5) is 4.79 Å². The van der Waals surface area contributed by atoms with Gasteiger partial charge in [-0.1, -0.05) is 42.2 Å². The number of fused-ring (bicyclic) bond motifs is 1. The number of H-pyrrole nitrogens is 1. The summed E-state index contributed by atoms with van der Waals surface area (Å²) >= 11 is 0.917. The second kappa shape index (κ2) is 6.95. The number of benzene rings is 2. The Hall–Kier alpha value is -3.23. The summed E-state index contributed by atoms with van der Waals surface area (Å²) in [4.78, 5) is 26.4. The molecule has 26 heavy (non-hydrogen) atoms. The first-order chi connectivity index (χ1) is 12.7. The summed E-state index contributed by atoms with van der Waals surface area (Å²) in [6.07, 6.45) is 4.38. The SMILES string of the molecule is O=C1NC(=O)C(=Cc2ccc(C#CCc3c[nH]c4ccccc34)cc2)S1. The summed E-state index contributed by atoms with van der Waals surface area (Å²) in [6.45, 7) is 0. The van der Waals surface area contributed by atoms with E-state index in [1.807, 2.05) is 42.6 Å². The second-order valence-corrected chi connectivity index (χ2v) is 6.83. The lowest BCUT2D eigenvalue weighted by atomic mass is 10.1. The molecule has 2 aromatic carbocycles. The first kappa shape index (κ1) is 16.2. The van der Waals surface area contributed by atoms with E-state index in [4.69, 9.17) is 0 Å². The molecule has 2 N–H and O–H groups in total. The Morgan fingerprint density at radius 2 is 1.85 bits per heavy atom. The molecule has 1 aliphatic heterocycles. The van der Waals surface area contributed by atoms with Gasteiger partial charge in [-0.3, -0.25) is 14.9 Å². The summed E-state index contributed by atoms with van der Waals surface area (Å²) in [7, 11) is 0. The number of imide groups is 1. The molecule has 2 heterocycles. The average Bonchev–Trinajstić information content (AvgIpc) is 3.19. The molecule has 0 aliphatic carbocycles. The molecule has 126 valence electrons. The Morgan fingerprint density at radius 1 is 1.04 bits per heavy atom. The topological polar surface area (TPSA) is 62.0 Å². The van der Waals surface area contributed by atoms with Crippen LogP contribution in [0.2, 0.25) is 0 Å². The average molecular weight is 358 g/mol. The van der Waals surface area contributed by atoms with Gasteiger partial charge in [0.2, 0.25) is 0 Å². The van der Waals surface area contributed by atoms with Crippen LogP contribution < -0.4 is 5.32 Å². The maximum atomic E-state index is 11.6. The lowest BCUT2D eigenvalue weighted by molar-refractivity contribution is -0.115. The predicted octanol–water partition coefficient (Wildman–Crippen LogP) is 4.09. The van der Waals surface area contributed by atoms with E-state index in [1.54, 1.807) is 6.08 Å². The van der Waals surface area contributed by atoms with Crippen molar-refractivity contribution in [3.05, 3.63) is 76.3 Å². The normalized spacial score (nSPS) is 15.2. The highest BCUT2D eigenvalue weighted by Crippen LogP contribution is 2.25. The monoisotopic (exact) mass is 358 g/mol. The lowest BCUT2D eigenvalue weighted by Crippen LogP contribution is -2.17. The largest absolute Gasteiger partial charge is 0.361 e. The highest BCUT2D eigenvalue weighted by molar-refractivity contribution is 8.18. The van der Waals surface area contributed by atoms with E-state index in [-0.39, 0.29) is 11.1 Å². The van der Waals surface area contributed by atoms with Gasteiger partial charge in [0.05, 0.1) is 4.91 Å². The molecule has 1 saturated heterocycles. The van der Waals surface area contributed by atoms with E-state index in [0.29, 0.717) is 11.3 Å². The molecule has 1 aromatic heterocycles. The minimum atomic E-state index is -0.345. The fourth-order valence-corrected chi connectivity index (χ4v) is 3.44. The number of para-hydroxylation sites is 1. The summed E-state index contributed by atoms with van der Waals surface area (Å²) in [5, 5.41) is 3.11. The summed E-state index contributed by atoms with van der Waals surface area (Å²) in [5.41, 5.74) is 4.07. The Kier molecular flexibility index (Phi) is 4.34. The van der Waals surface area contributed by atoms with E-state index in [0.717, 1.165) is 28.4 Å². The summed E-state index contributed by atoms with van der Waals surface area (Å²) in [5.74, 6) is 6.02. The van der Waals surface area contributed by atoms with Gasteiger partial charge in [0.1, 0.15) is 0 Å².